The molecule has 2 rings (SSSR count). The molecular formula is C15H23ClFN3O3S. The van der Waals surface area contributed by atoms with Crippen LogP contribution in [0.4, 0.5) is 4.39 Å². The first-order chi connectivity index (χ1) is 10.9. The van der Waals surface area contributed by atoms with Crippen LogP contribution in [0.2, 0.25) is 0 Å². The van der Waals surface area contributed by atoms with Crippen LogP contribution in [0.1, 0.15) is 19.3 Å². The average Bonchev–Trinajstić information content (AvgIpc) is 2.55. The van der Waals surface area contributed by atoms with Gasteiger partial charge < -0.3 is 10.2 Å². The zero-order valence-corrected chi connectivity index (χ0v) is 15.1. The van der Waals surface area contributed by atoms with Gasteiger partial charge in [0.15, 0.2) is 0 Å². The highest BCUT2D eigenvalue weighted by atomic mass is 35.5. The number of rotatable bonds is 6. The minimum Gasteiger partial charge on any atom is -0.341 e. The number of nitrogens with one attached hydrogen (secondary N) is 2. The number of sulfonamides is 1. The summed E-state index contributed by atoms with van der Waals surface area (Å²) in [6.07, 6.45) is 2.09. The van der Waals surface area contributed by atoms with Crippen LogP contribution in [-0.2, 0) is 14.8 Å². The van der Waals surface area contributed by atoms with Gasteiger partial charge >= 0.3 is 0 Å². The van der Waals surface area contributed by atoms with E-state index < -0.39 is 15.8 Å². The SMILES string of the molecule is CNC1CCCN(C(=O)CCNS(=O)(=O)c2ccc(F)cc2)C1.Cl. The van der Waals surface area contributed by atoms with Gasteiger partial charge in [0, 0.05) is 32.1 Å². The summed E-state index contributed by atoms with van der Waals surface area (Å²) in [6, 6.07) is 4.86. The maximum Gasteiger partial charge on any atom is 0.240 e. The summed E-state index contributed by atoms with van der Waals surface area (Å²) < 4.78 is 39.3. The molecular weight excluding hydrogens is 357 g/mol. The summed E-state index contributed by atoms with van der Waals surface area (Å²) in [4.78, 5) is 13.9. The molecule has 1 aromatic rings. The van der Waals surface area contributed by atoms with Gasteiger partial charge in [-0.1, -0.05) is 0 Å². The maximum absolute atomic E-state index is 12.8. The third-order valence-corrected chi connectivity index (χ3v) is 5.41. The summed E-state index contributed by atoms with van der Waals surface area (Å²) in [5.74, 6) is -0.560. The monoisotopic (exact) mass is 379 g/mol. The number of carbonyl (C=O) groups excluding carboxylic acids is 1. The number of amides is 1. The molecule has 1 heterocycles. The highest BCUT2D eigenvalue weighted by Gasteiger charge is 2.22. The zero-order valence-electron chi connectivity index (χ0n) is 13.5. The molecule has 1 unspecified atom stereocenters. The van der Waals surface area contributed by atoms with Crippen LogP contribution >= 0.6 is 12.4 Å². The Morgan fingerprint density at radius 3 is 2.62 bits per heavy atom. The van der Waals surface area contributed by atoms with E-state index in [9.17, 15) is 17.6 Å². The molecule has 1 amide bonds. The van der Waals surface area contributed by atoms with Gasteiger partial charge in [0.2, 0.25) is 15.9 Å². The van der Waals surface area contributed by atoms with Gasteiger partial charge in [0.05, 0.1) is 4.90 Å². The maximum atomic E-state index is 12.8. The Bertz CT molecular complexity index is 640. The number of hydrogen-bond acceptors (Lipinski definition) is 4. The Balaban J connectivity index is 0.00000288. The van der Waals surface area contributed by atoms with E-state index in [1.807, 2.05) is 7.05 Å². The topological polar surface area (TPSA) is 78.5 Å². The summed E-state index contributed by atoms with van der Waals surface area (Å²) in [5.41, 5.74) is 0. The number of hydrogen-bond donors (Lipinski definition) is 2. The molecule has 0 aliphatic carbocycles. The number of likely N-dealkylation sites (N-methyl/N-ethyl adjacent to an activating group) is 1. The number of piperidine rings is 1. The number of carbonyl (C=O) groups is 1. The van der Waals surface area contributed by atoms with E-state index >= 15 is 0 Å². The Kier molecular flexibility index (Phi) is 8.08. The van der Waals surface area contributed by atoms with Crippen LogP contribution in [0, 0.1) is 5.82 Å². The lowest BCUT2D eigenvalue weighted by Crippen LogP contribution is -2.47. The molecule has 1 aliphatic heterocycles. The van der Waals surface area contributed by atoms with Gasteiger partial charge in [0.1, 0.15) is 5.82 Å². The number of nitrogens with zero attached hydrogens (tertiary/aromatic N) is 1. The summed E-state index contributed by atoms with van der Waals surface area (Å²) >= 11 is 0. The Morgan fingerprint density at radius 2 is 2.00 bits per heavy atom. The lowest BCUT2D eigenvalue weighted by Gasteiger charge is -2.32. The second-order valence-electron chi connectivity index (χ2n) is 5.57. The van der Waals surface area contributed by atoms with E-state index in [4.69, 9.17) is 0 Å². The van der Waals surface area contributed by atoms with Gasteiger partial charge in [-0.3, -0.25) is 4.79 Å². The standard InChI is InChI=1S/C15H22FN3O3S.ClH/c1-17-13-3-2-10-19(11-13)15(20)8-9-18-23(21,22)14-6-4-12(16)5-7-14;/h4-7,13,17-18H,2-3,8-11H2,1H3;1H. The molecule has 0 bridgehead atoms. The van der Waals surface area contributed by atoms with Crippen LogP contribution in [0.5, 0.6) is 0 Å². The number of likely N-dealkylation sites (tertiary alicyclic amines) is 1. The fraction of sp³-hybridized carbons (Fsp3) is 0.533. The van der Waals surface area contributed by atoms with E-state index in [1.54, 1.807) is 4.90 Å². The molecule has 1 aliphatic rings. The largest absolute Gasteiger partial charge is 0.341 e. The van der Waals surface area contributed by atoms with Crippen molar-refractivity contribution in [2.45, 2.75) is 30.2 Å². The molecule has 24 heavy (non-hydrogen) atoms. The van der Waals surface area contributed by atoms with Crippen molar-refractivity contribution in [1.29, 1.82) is 0 Å². The third-order valence-electron chi connectivity index (χ3n) is 3.94. The van der Waals surface area contributed by atoms with Crippen molar-refractivity contribution in [2.24, 2.45) is 0 Å². The van der Waals surface area contributed by atoms with E-state index in [2.05, 4.69) is 10.0 Å². The Labute approximate surface area is 148 Å². The fourth-order valence-electron chi connectivity index (χ4n) is 2.59. The summed E-state index contributed by atoms with van der Waals surface area (Å²) in [5, 5.41) is 3.16. The van der Waals surface area contributed by atoms with Crippen molar-refractivity contribution in [3.05, 3.63) is 30.1 Å². The van der Waals surface area contributed by atoms with Gasteiger partial charge in [-0.05, 0) is 44.2 Å². The molecule has 0 radical (unpaired) electrons. The lowest BCUT2D eigenvalue weighted by molar-refractivity contribution is -0.132. The highest BCUT2D eigenvalue weighted by Crippen LogP contribution is 2.12. The van der Waals surface area contributed by atoms with Gasteiger partial charge in [0.25, 0.3) is 0 Å². The lowest BCUT2D eigenvalue weighted by atomic mass is 10.1. The van der Waals surface area contributed by atoms with Crippen LogP contribution in [0.15, 0.2) is 29.2 Å². The fourth-order valence-corrected chi connectivity index (χ4v) is 3.62. The van der Waals surface area contributed by atoms with Crippen molar-refractivity contribution in [1.82, 2.24) is 14.9 Å². The quantitative estimate of drug-likeness (QED) is 0.776. The highest BCUT2D eigenvalue weighted by molar-refractivity contribution is 7.89. The van der Waals surface area contributed by atoms with Crippen molar-refractivity contribution in [3.8, 4) is 0 Å². The number of benzene rings is 1. The predicted octanol–water partition coefficient (Wildman–Crippen LogP) is 1.13. The van der Waals surface area contributed by atoms with E-state index in [0.29, 0.717) is 19.1 Å². The molecule has 1 fully saturated rings. The van der Waals surface area contributed by atoms with Crippen molar-refractivity contribution < 1.29 is 17.6 Å². The first-order valence-corrected chi connectivity index (χ1v) is 9.11. The molecule has 9 heteroatoms. The van der Waals surface area contributed by atoms with E-state index in [0.717, 1.165) is 25.0 Å². The van der Waals surface area contributed by atoms with Crippen LogP contribution in [0.3, 0.4) is 0 Å². The Morgan fingerprint density at radius 1 is 1.33 bits per heavy atom. The van der Waals surface area contributed by atoms with Crippen molar-refractivity contribution in [3.63, 3.8) is 0 Å². The Hall–Kier alpha value is -1.22. The first-order valence-electron chi connectivity index (χ1n) is 7.62. The van der Waals surface area contributed by atoms with Crippen LogP contribution in [0.25, 0.3) is 0 Å². The molecule has 0 spiro atoms. The molecule has 136 valence electrons. The molecule has 0 aromatic heterocycles. The molecule has 1 aromatic carbocycles. The summed E-state index contributed by atoms with van der Waals surface area (Å²) in [7, 11) is -1.85. The van der Waals surface area contributed by atoms with Crippen molar-refractivity contribution in [2.75, 3.05) is 26.7 Å². The second-order valence-corrected chi connectivity index (χ2v) is 7.34. The zero-order chi connectivity index (χ0) is 16.9. The molecule has 1 atom stereocenters. The molecule has 2 N–H and O–H groups in total. The smallest absolute Gasteiger partial charge is 0.240 e. The van der Waals surface area contributed by atoms with Crippen LogP contribution in [-0.4, -0.2) is 51.9 Å². The predicted molar refractivity (Wildman–Crippen MR) is 92.1 cm³/mol. The normalized spacial score (nSPS) is 18.1. The molecule has 1 saturated heterocycles. The van der Waals surface area contributed by atoms with Gasteiger partial charge in [-0.15, -0.1) is 12.4 Å². The minimum atomic E-state index is -3.72. The van der Waals surface area contributed by atoms with E-state index in [1.165, 1.54) is 12.1 Å². The van der Waals surface area contributed by atoms with Gasteiger partial charge in [-0.25, -0.2) is 17.5 Å². The third kappa shape index (κ3) is 5.70. The second kappa shape index (κ2) is 9.31. The summed E-state index contributed by atoms with van der Waals surface area (Å²) in [6.45, 7) is 1.39. The minimum absolute atomic E-state index is 0. The first kappa shape index (κ1) is 20.8. The average molecular weight is 380 g/mol. The van der Waals surface area contributed by atoms with Crippen molar-refractivity contribution >= 4 is 28.3 Å². The van der Waals surface area contributed by atoms with Gasteiger partial charge in [-0.2, -0.15) is 0 Å². The van der Waals surface area contributed by atoms with Crippen LogP contribution < -0.4 is 10.0 Å². The molecule has 6 nitrogen and oxygen atoms in total. The van der Waals surface area contributed by atoms with E-state index in [-0.39, 0.29) is 36.2 Å². The molecule has 0 saturated carbocycles. The number of halogens is 2.